The second kappa shape index (κ2) is 6.66. The van der Waals surface area contributed by atoms with Crippen molar-refractivity contribution < 1.29 is 23.8 Å². The largest absolute Gasteiger partial charge is 0.464 e. The first kappa shape index (κ1) is 14.7. The first-order valence-corrected chi connectivity index (χ1v) is 5.95. The molecule has 0 bridgehead atoms. The number of nitrogens with zero attached hydrogens (tertiary/aromatic N) is 4. The molecule has 21 heavy (non-hydrogen) atoms. The molecule has 0 aliphatic heterocycles. The summed E-state index contributed by atoms with van der Waals surface area (Å²) in [6.07, 6.45) is 3.18. The Labute approximate surface area is 120 Å². The number of hydrogen-bond donors (Lipinski definition) is 0. The molecule has 0 aromatic carbocycles. The molecular formula is C12H14N4O5. The van der Waals surface area contributed by atoms with Crippen molar-refractivity contribution in [3.63, 3.8) is 0 Å². The first-order chi connectivity index (χ1) is 10.1. The van der Waals surface area contributed by atoms with Crippen LogP contribution in [0.2, 0.25) is 0 Å². The SMILES string of the molecule is COC(=O)c1ccn(COCn2ccc(C(=O)OC)n2)n1. The van der Waals surface area contributed by atoms with E-state index >= 15 is 0 Å². The maximum Gasteiger partial charge on any atom is 0.358 e. The monoisotopic (exact) mass is 294 g/mol. The zero-order valence-electron chi connectivity index (χ0n) is 11.6. The van der Waals surface area contributed by atoms with E-state index in [1.807, 2.05) is 0 Å². The van der Waals surface area contributed by atoms with Gasteiger partial charge in [-0.05, 0) is 12.1 Å². The van der Waals surface area contributed by atoms with Gasteiger partial charge in [-0.25, -0.2) is 19.0 Å². The van der Waals surface area contributed by atoms with Gasteiger partial charge < -0.3 is 14.2 Å². The van der Waals surface area contributed by atoms with Crippen LogP contribution in [-0.4, -0.2) is 45.7 Å². The summed E-state index contributed by atoms with van der Waals surface area (Å²) in [6.45, 7) is 0.259. The molecule has 2 aromatic heterocycles. The average Bonchev–Trinajstić information content (AvgIpc) is 3.15. The highest BCUT2D eigenvalue weighted by atomic mass is 16.5. The van der Waals surface area contributed by atoms with Gasteiger partial charge in [-0.2, -0.15) is 10.2 Å². The van der Waals surface area contributed by atoms with E-state index in [9.17, 15) is 9.59 Å². The van der Waals surface area contributed by atoms with E-state index in [0.717, 1.165) is 0 Å². The van der Waals surface area contributed by atoms with Crippen molar-refractivity contribution in [1.29, 1.82) is 0 Å². The number of methoxy groups -OCH3 is 2. The number of aromatic nitrogens is 4. The third kappa shape index (κ3) is 3.66. The lowest BCUT2D eigenvalue weighted by molar-refractivity contribution is 0.0139. The molecule has 0 atom stereocenters. The van der Waals surface area contributed by atoms with Crippen LogP contribution in [0.25, 0.3) is 0 Å². The average molecular weight is 294 g/mol. The Morgan fingerprint density at radius 3 is 1.76 bits per heavy atom. The number of carbonyl (C=O) groups is 2. The smallest absolute Gasteiger partial charge is 0.358 e. The molecule has 0 aliphatic carbocycles. The third-order valence-electron chi connectivity index (χ3n) is 2.52. The number of hydrogen-bond acceptors (Lipinski definition) is 7. The first-order valence-electron chi connectivity index (χ1n) is 5.95. The number of ether oxygens (including phenoxy) is 3. The van der Waals surface area contributed by atoms with Crippen molar-refractivity contribution in [3.8, 4) is 0 Å². The summed E-state index contributed by atoms with van der Waals surface area (Å²) in [4.78, 5) is 22.4. The minimum Gasteiger partial charge on any atom is -0.464 e. The van der Waals surface area contributed by atoms with Gasteiger partial charge in [0.1, 0.15) is 13.5 Å². The zero-order chi connectivity index (χ0) is 15.2. The number of rotatable bonds is 6. The van der Waals surface area contributed by atoms with Crippen molar-refractivity contribution in [2.75, 3.05) is 14.2 Å². The summed E-state index contributed by atoms with van der Waals surface area (Å²) >= 11 is 0. The van der Waals surface area contributed by atoms with Crippen LogP contribution in [0.4, 0.5) is 0 Å². The molecule has 0 spiro atoms. The Bertz CT molecular complexity index is 579. The van der Waals surface area contributed by atoms with Crippen LogP contribution in [0.5, 0.6) is 0 Å². The zero-order valence-corrected chi connectivity index (χ0v) is 11.6. The van der Waals surface area contributed by atoms with Crippen LogP contribution in [0.3, 0.4) is 0 Å². The third-order valence-corrected chi connectivity index (χ3v) is 2.52. The Kier molecular flexibility index (Phi) is 4.67. The van der Waals surface area contributed by atoms with Gasteiger partial charge in [0.05, 0.1) is 14.2 Å². The van der Waals surface area contributed by atoms with Gasteiger partial charge in [0.25, 0.3) is 0 Å². The summed E-state index contributed by atoms with van der Waals surface area (Å²) < 4.78 is 17.3. The molecule has 0 radical (unpaired) electrons. The van der Waals surface area contributed by atoms with Crippen molar-refractivity contribution in [3.05, 3.63) is 35.9 Å². The summed E-state index contributed by atoms with van der Waals surface area (Å²) in [5, 5.41) is 7.94. The maximum absolute atomic E-state index is 11.2. The molecule has 0 aliphatic rings. The van der Waals surface area contributed by atoms with Crippen molar-refractivity contribution >= 4 is 11.9 Å². The molecule has 0 saturated carbocycles. The topological polar surface area (TPSA) is 97.5 Å². The molecule has 112 valence electrons. The summed E-state index contributed by atoms with van der Waals surface area (Å²) in [7, 11) is 2.57. The Morgan fingerprint density at radius 2 is 1.38 bits per heavy atom. The molecule has 0 unspecified atom stereocenters. The van der Waals surface area contributed by atoms with Gasteiger partial charge in [0, 0.05) is 12.4 Å². The molecule has 0 N–H and O–H groups in total. The standard InChI is InChI=1S/C12H14N4O5/c1-19-11(17)9-3-5-15(13-9)7-21-8-16-6-4-10(14-16)12(18)20-2/h3-6H,7-8H2,1-2H3. The van der Waals surface area contributed by atoms with Gasteiger partial charge in [-0.1, -0.05) is 0 Å². The minimum atomic E-state index is -0.511. The quantitative estimate of drug-likeness (QED) is 0.706. The van der Waals surface area contributed by atoms with E-state index in [1.165, 1.54) is 35.7 Å². The van der Waals surface area contributed by atoms with E-state index in [2.05, 4.69) is 19.7 Å². The lowest BCUT2D eigenvalue weighted by Crippen LogP contribution is -2.10. The normalized spacial score (nSPS) is 10.4. The molecule has 2 aromatic rings. The predicted octanol–water partition coefficient (Wildman–Crippen LogP) is 0.285. The van der Waals surface area contributed by atoms with Crippen LogP contribution < -0.4 is 0 Å². The van der Waals surface area contributed by atoms with Crippen molar-refractivity contribution in [2.45, 2.75) is 13.5 Å². The molecule has 2 rings (SSSR count). The summed E-state index contributed by atoms with van der Waals surface area (Å²) in [5.41, 5.74) is 0.404. The van der Waals surface area contributed by atoms with Crippen molar-refractivity contribution in [1.82, 2.24) is 19.6 Å². The highest BCUT2D eigenvalue weighted by molar-refractivity contribution is 5.87. The van der Waals surface area contributed by atoms with Gasteiger partial charge in [-0.3, -0.25) is 0 Å². The molecule has 9 heteroatoms. The second-order valence-corrected chi connectivity index (χ2v) is 3.93. The fraction of sp³-hybridized carbons (Fsp3) is 0.333. The van der Waals surface area contributed by atoms with Gasteiger partial charge >= 0.3 is 11.9 Å². The fourth-order valence-electron chi connectivity index (χ4n) is 1.52. The molecular weight excluding hydrogens is 280 g/mol. The van der Waals surface area contributed by atoms with E-state index < -0.39 is 11.9 Å². The summed E-state index contributed by atoms with van der Waals surface area (Å²) in [6, 6.07) is 3.05. The molecule has 0 fully saturated rings. The van der Waals surface area contributed by atoms with Crippen LogP contribution >= 0.6 is 0 Å². The maximum atomic E-state index is 11.2. The molecule has 0 amide bonds. The van der Waals surface area contributed by atoms with Crippen molar-refractivity contribution in [2.24, 2.45) is 0 Å². The Morgan fingerprint density at radius 1 is 0.952 bits per heavy atom. The molecule has 2 heterocycles. The summed E-state index contributed by atoms with van der Waals surface area (Å²) in [5.74, 6) is -1.02. The molecule has 9 nitrogen and oxygen atoms in total. The number of esters is 2. The van der Waals surface area contributed by atoms with Crippen LogP contribution in [0.15, 0.2) is 24.5 Å². The Balaban J connectivity index is 1.84. The lowest BCUT2D eigenvalue weighted by Gasteiger charge is -2.04. The second-order valence-electron chi connectivity index (χ2n) is 3.93. The van der Waals surface area contributed by atoms with Gasteiger partial charge in [0.2, 0.25) is 0 Å². The highest BCUT2D eigenvalue weighted by Crippen LogP contribution is 2.00. The van der Waals surface area contributed by atoms with Crippen LogP contribution in [0, 0.1) is 0 Å². The lowest BCUT2D eigenvalue weighted by atomic mass is 10.4. The van der Waals surface area contributed by atoms with E-state index in [0.29, 0.717) is 0 Å². The van der Waals surface area contributed by atoms with Crippen LogP contribution in [0.1, 0.15) is 21.0 Å². The minimum absolute atomic E-state index is 0.129. The van der Waals surface area contributed by atoms with Gasteiger partial charge in [0.15, 0.2) is 11.4 Å². The fourth-order valence-corrected chi connectivity index (χ4v) is 1.52. The molecule has 0 saturated heterocycles. The van der Waals surface area contributed by atoms with E-state index in [-0.39, 0.29) is 24.8 Å². The highest BCUT2D eigenvalue weighted by Gasteiger charge is 2.10. The van der Waals surface area contributed by atoms with Crippen LogP contribution in [-0.2, 0) is 27.7 Å². The van der Waals surface area contributed by atoms with E-state index in [1.54, 1.807) is 12.4 Å². The predicted molar refractivity (Wildman–Crippen MR) is 68.2 cm³/mol. The number of carbonyl (C=O) groups excluding carboxylic acids is 2. The van der Waals surface area contributed by atoms with Gasteiger partial charge in [-0.15, -0.1) is 0 Å². The van der Waals surface area contributed by atoms with E-state index in [4.69, 9.17) is 4.74 Å². The Hall–Kier alpha value is -2.68.